The number of amides is 1. The molecule has 8 heteroatoms. The Morgan fingerprint density at radius 1 is 1.46 bits per heavy atom. The minimum atomic E-state index is -3.11. The Bertz CT molecular complexity index is 693. The Labute approximate surface area is 147 Å². The minimum Gasteiger partial charge on any atom is -0.490 e. The van der Waals surface area contributed by atoms with Crippen LogP contribution in [-0.4, -0.2) is 45.5 Å². The standard InChI is InChI=1S/C16H23ClN2O4S/c1-11-9-12(5-6-18-11)16(20)19-14-10-13(17)3-4-15(14)23-7-8-24(2,21)22/h3-4,10-12,18H,5-9H2,1-2H3,(H,19,20)/t11-,12-/m0/s1. The van der Waals surface area contributed by atoms with Gasteiger partial charge in [0.2, 0.25) is 5.91 Å². The molecule has 1 amide bonds. The van der Waals surface area contributed by atoms with Crippen LogP contribution in [0, 0.1) is 5.92 Å². The summed E-state index contributed by atoms with van der Waals surface area (Å²) in [4.78, 5) is 12.5. The highest BCUT2D eigenvalue weighted by atomic mass is 35.5. The minimum absolute atomic E-state index is 0.0215. The van der Waals surface area contributed by atoms with Gasteiger partial charge in [-0.25, -0.2) is 8.42 Å². The molecule has 24 heavy (non-hydrogen) atoms. The van der Waals surface area contributed by atoms with E-state index in [1.54, 1.807) is 18.2 Å². The van der Waals surface area contributed by atoms with Gasteiger partial charge in [0.05, 0.1) is 11.4 Å². The zero-order valence-electron chi connectivity index (χ0n) is 13.8. The fourth-order valence-corrected chi connectivity index (χ4v) is 3.19. The molecule has 0 aliphatic carbocycles. The van der Waals surface area contributed by atoms with Gasteiger partial charge in [-0.2, -0.15) is 0 Å². The summed E-state index contributed by atoms with van der Waals surface area (Å²) < 4.78 is 27.9. The van der Waals surface area contributed by atoms with Crippen molar-refractivity contribution >= 4 is 33.0 Å². The summed E-state index contributed by atoms with van der Waals surface area (Å²) >= 11 is 6.00. The number of carbonyl (C=O) groups is 1. The van der Waals surface area contributed by atoms with Gasteiger partial charge in [0.25, 0.3) is 0 Å². The van der Waals surface area contributed by atoms with Gasteiger partial charge >= 0.3 is 0 Å². The first-order valence-corrected chi connectivity index (χ1v) is 10.3. The molecular formula is C16H23ClN2O4S. The Hall–Kier alpha value is -1.31. The number of anilines is 1. The quantitative estimate of drug-likeness (QED) is 0.796. The predicted octanol–water partition coefficient (Wildman–Crippen LogP) is 2.09. The van der Waals surface area contributed by atoms with Crippen molar-refractivity contribution in [1.82, 2.24) is 5.32 Å². The number of ether oxygens (including phenoxy) is 1. The van der Waals surface area contributed by atoms with E-state index in [0.717, 1.165) is 25.6 Å². The summed E-state index contributed by atoms with van der Waals surface area (Å²) in [5.41, 5.74) is 0.465. The number of rotatable bonds is 6. The molecule has 2 atom stereocenters. The Morgan fingerprint density at radius 3 is 2.88 bits per heavy atom. The molecular weight excluding hydrogens is 352 g/mol. The molecule has 1 heterocycles. The van der Waals surface area contributed by atoms with Crippen LogP contribution in [0.4, 0.5) is 5.69 Å². The van der Waals surface area contributed by atoms with E-state index in [1.165, 1.54) is 0 Å². The zero-order valence-corrected chi connectivity index (χ0v) is 15.4. The lowest BCUT2D eigenvalue weighted by molar-refractivity contribution is -0.120. The molecule has 1 aliphatic rings. The number of hydrogen-bond donors (Lipinski definition) is 2. The summed E-state index contributed by atoms with van der Waals surface area (Å²) in [7, 11) is -3.11. The number of halogens is 1. The van der Waals surface area contributed by atoms with Gasteiger partial charge in [0, 0.05) is 23.2 Å². The molecule has 0 aromatic heterocycles. The topological polar surface area (TPSA) is 84.5 Å². The third kappa shape index (κ3) is 5.96. The van der Waals surface area contributed by atoms with Crippen molar-refractivity contribution in [3.8, 4) is 5.75 Å². The lowest BCUT2D eigenvalue weighted by atomic mass is 9.92. The van der Waals surface area contributed by atoms with Crippen LogP contribution in [0.2, 0.25) is 5.02 Å². The molecule has 1 aromatic carbocycles. The summed E-state index contributed by atoms with van der Waals surface area (Å²) in [5, 5.41) is 6.65. The number of benzene rings is 1. The molecule has 6 nitrogen and oxygen atoms in total. The number of hydrogen-bond acceptors (Lipinski definition) is 5. The Balaban J connectivity index is 2.05. The highest BCUT2D eigenvalue weighted by Gasteiger charge is 2.25. The van der Waals surface area contributed by atoms with Gasteiger partial charge in [0.15, 0.2) is 9.84 Å². The smallest absolute Gasteiger partial charge is 0.227 e. The third-order valence-electron chi connectivity index (χ3n) is 3.91. The van der Waals surface area contributed by atoms with Crippen LogP contribution >= 0.6 is 11.6 Å². The number of carbonyl (C=O) groups excluding carboxylic acids is 1. The second kappa shape index (κ2) is 8.18. The van der Waals surface area contributed by atoms with Crippen LogP contribution in [0.25, 0.3) is 0 Å². The normalized spacial score (nSPS) is 21.3. The van der Waals surface area contributed by atoms with Crippen molar-refractivity contribution < 1.29 is 17.9 Å². The van der Waals surface area contributed by atoms with Crippen molar-refractivity contribution in [2.75, 3.05) is 30.5 Å². The second-order valence-corrected chi connectivity index (χ2v) is 8.88. The van der Waals surface area contributed by atoms with Crippen LogP contribution in [0.5, 0.6) is 5.75 Å². The van der Waals surface area contributed by atoms with E-state index in [4.69, 9.17) is 16.3 Å². The molecule has 1 aromatic rings. The van der Waals surface area contributed by atoms with Gasteiger partial charge in [-0.1, -0.05) is 11.6 Å². The zero-order chi connectivity index (χ0) is 17.7. The third-order valence-corrected chi connectivity index (χ3v) is 5.05. The van der Waals surface area contributed by atoms with Gasteiger partial charge in [-0.15, -0.1) is 0 Å². The van der Waals surface area contributed by atoms with E-state index < -0.39 is 9.84 Å². The molecule has 1 saturated heterocycles. The lowest BCUT2D eigenvalue weighted by Gasteiger charge is -2.27. The van der Waals surface area contributed by atoms with Crippen molar-refractivity contribution in [3.05, 3.63) is 23.2 Å². The molecule has 2 rings (SSSR count). The maximum absolute atomic E-state index is 12.5. The van der Waals surface area contributed by atoms with Crippen LogP contribution in [-0.2, 0) is 14.6 Å². The van der Waals surface area contributed by atoms with Crippen LogP contribution in [0.1, 0.15) is 19.8 Å². The second-order valence-electron chi connectivity index (χ2n) is 6.18. The van der Waals surface area contributed by atoms with Gasteiger partial charge in [-0.05, 0) is 44.5 Å². The van der Waals surface area contributed by atoms with Crippen molar-refractivity contribution in [2.45, 2.75) is 25.8 Å². The van der Waals surface area contributed by atoms with Crippen molar-refractivity contribution in [3.63, 3.8) is 0 Å². The van der Waals surface area contributed by atoms with Crippen molar-refractivity contribution in [1.29, 1.82) is 0 Å². The number of sulfone groups is 1. The summed E-state index contributed by atoms with van der Waals surface area (Å²) in [6, 6.07) is 5.18. The Morgan fingerprint density at radius 2 is 2.21 bits per heavy atom. The largest absolute Gasteiger partial charge is 0.490 e. The van der Waals surface area contributed by atoms with E-state index in [0.29, 0.717) is 22.5 Å². The molecule has 0 bridgehead atoms. The lowest BCUT2D eigenvalue weighted by Crippen LogP contribution is -2.40. The fraction of sp³-hybridized carbons (Fsp3) is 0.562. The molecule has 1 fully saturated rings. The van der Waals surface area contributed by atoms with Crippen LogP contribution in [0.15, 0.2) is 18.2 Å². The van der Waals surface area contributed by atoms with Crippen LogP contribution in [0.3, 0.4) is 0 Å². The van der Waals surface area contributed by atoms with Crippen LogP contribution < -0.4 is 15.4 Å². The molecule has 2 N–H and O–H groups in total. The molecule has 0 spiro atoms. The number of piperidine rings is 1. The summed E-state index contributed by atoms with van der Waals surface area (Å²) in [6.07, 6.45) is 2.71. The molecule has 1 aliphatic heterocycles. The van der Waals surface area contributed by atoms with E-state index >= 15 is 0 Å². The first-order valence-electron chi connectivity index (χ1n) is 7.89. The van der Waals surface area contributed by atoms with Gasteiger partial charge in [0.1, 0.15) is 12.4 Å². The number of nitrogens with one attached hydrogen (secondary N) is 2. The van der Waals surface area contributed by atoms with E-state index in [9.17, 15) is 13.2 Å². The van der Waals surface area contributed by atoms with Gasteiger partial charge in [-0.3, -0.25) is 4.79 Å². The average molecular weight is 375 g/mol. The first kappa shape index (κ1) is 19.0. The van der Waals surface area contributed by atoms with Gasteiger partial charge < -0.3 is 15.4 Å². The SMILES string of the molecule is C[C@H]1C[C@@H](C(=O)Nc2cc(Cl)ccc2OCCS(C)(=O)=O)CCN1. The van der Waals surface area contributed by atoms with Crippen molar-refractivity contribution in [2.24, 2.45) is 5.92 Å². The van der Waals surface area contributed by atoms with E-state index in [-0.39, 0.29) is 24.2 Å². The highest BCUT2D eigenvalue weighted by molar-refractivity contribution is 7.90. The average Bonchev–Trinajstić information content (AvgIpc) is 2.48. The van der Waals surface area contributed by atoms with E-state index in [2.05, 4.69) is 17.6 Å². The molecule has 0 unspecified atom stereocenters. The predicted molar refractivity (Wildman–Crippen MR) is 95.5 cm³/mol. The molecule has 0 saturated carbocycles. The fourth-order valence-electron chi connectivity index (χ4n) is 2.63. The monoisotopic (exact) mass is 374 g/mol. The Kier molecular flexibility index (Phi) is 6.48. The first-order chi connectivity index (χ1) is 11.2. The maximum atomic E-state index is 12.5. The summed E-state index contributed by atoms with van der Waals surface area (Å²) in [6.45, 7) is 2.89. The van der Waals surface area contributed by atoms with E-state index in [1.807, 2.05) is 0 Å². The summed E-state index contributed by atoms with van der Waals surface area (Å²) in [5.74, 6) is 0.190. The molecule has 134 valence electrons. The maximum Gasteiger partial charge on any atom is 0.227 e. The highest BCUT2D eigenvalue weighted by Crippen LogP contribution is 2.29. The molecule has 0 radical (unpaired) electrons.